The molecule has 0 saturated carbocycles. The molecule has 1 N–H and O–H groups in total. The highest BCUT2D eigenvalue weighted by molar-refractivity contribution is 5.89. The van der Waals surface area contributed by atoms with E-state index in [1.807, 2.05) is 13.8 Å². The summed E-state index contributed by atoms with van der Waals surface area (Å²) in [5, 5.41) is 10.8. The van der Waals surface area contributed by atoms with E-state index < -0.39 is 47.7 Å². The number of hydrogen-bond donors (Lipinski definition) is 1. The lowest BCUT2D eigenvalue weighted by atomic mass is 9.97. The van der Waals surface area contributed by atoms with Crippen LogP contribution >= 0.6 is 0 Å². The summed E-state index contributed by atoms with van der Waals surface area (Å²) >= 11 is 0. The van der Waals surface area contributed by atoms with Crippen molar-refractivity contribution in [2.45, 2.75) is 82.9 Å². The molecule has 9 heteroatoms. The van der Waals surface area contributed by atoms with Crippen LogP contribution in [-0.2, 0) is 23.7 Å². The fraction of sp³-hybridized carbons (Fsp3) is 0.882. The van der Waals surface area contributed by atoms with Gasteiger partial charge < -0.3 is 28.8 Å². The fourth-order valence-electron chi connectivity index (χ4n) is 3.44. The first kappa shape index (κ1) is 19.3. The zero-order valence-electron chi connectivity index (χ0n) is 15.8. The van der Waals surface area contributed by atoms with Crippen LogP contribution in [0.15, 0.2) is 0 Å². The smallest absolute Gasteiger partial charge is 0.422 e. The van der Waals surface area contributed by atoms with Crippen LogP contribution in [0.25, 0.3) is 0 Å². The Labute approximate surface area is 152 Å². The lowest BCUT2D eigenvalue weighted by molar-refractivity contribution is -0.287. The summed E-state index contributed by atoms with van der Waals surface area (Å²) in [6.45, 7) is 8.75. The van der Waals surface area contributed by atoms with E-state index in [2.05, 4.69) is 0 Å². The molecule has 26 heavy (non-hydrogen) atoms. The predicted molar refractivity (Wildman–Crippen MR) is 87.2 cm³/mol. The highest BCUT2D eigenvalue weighted by atomic mass is 16.8. The second kappa shape index (κ2) is 6.33. The van der Waals surface area contributed by atoms with E-state index in [4.69, 9.17) is 23.7 Å². The molecule has 0 aliphatic carbocycles. The molecule has 4 atom stereocenters. The van der Waals surface area contributed by atoms with Gasteiger partial charge in [0.1, 0.15) is 24.4 Å². The third-order valence-corrected chi connectivity index (χ3v) is 4.89. The van der Waals surface area contributed by atoms with Crippen molar-refractivity contribution in [1.82, 2.24) is 4.90 Å². The van der Waals surface area contributed by atoms with Crippen molar-refractivity contribution >= 4 is 12.2 Å². The average Bonchev–Trinajstić information content (AvgIpc) is 3.10. The fourth-order valence-corrected chi connectivity index (χ4v) is 3.44. The van der Waals surface area contributed by atoms with Crippen molar-refractivity contribution in [3.8, 4) is 0 Å². The highest BCUT2D eigenvalue weighted by Gasteiger charge is 2.64. The zero-order chi connectivity index (χ0) is 19.3. The third-order valence-electron chi connectivity index (χ3n) is 4.89. The Morgan fingerprint density at radius 2 is 1.96 bits per heavy atom. The number of ether oxygens (including phenoxy) is 5. The van der Waals surface area contributed by atoms with Crippen molar-refractivity contribution in [2.75, 3.05) is 13.2 Å². The first-order valence-electron chi connectivity index (χ1n) is 8.96. The summed E-state index contributed by atoms with van der Waals surface area (Å²) in [5.41, 5.74) is -0.769. The maximum absolute atomic E-state index is 12.2. The average molecular weight is 373 g/mol. The van der Waals surface area contributed by atoms with Gasteiger partial charge in [0.2, 0.25) is 0 Å². The molecule has 3 saturated heterocycles. The number of aliphatic hydroxyl groups excluding tert-OH is 1. The molecule has 1 spiro atoms. The Balaban J connectivity index is 1.76. The van der Waals surface area contributed by atoms with Gasteiger partial charge in [-0.25, -0.2) is 14.5 Å². The van der Waals surface area contributed by atoms with Crippen LogP contribution in [0, 0.1) is 0 Å². The third kappa shape index (κ3) is 3.17. The van der Waals surface area contributed by atoms with Crippen molar-refractivity contribution in [1.29, 1.82) is 0 Å². The number of imide groups is 1. The number of fused-ring (bicyclic) bond motifs is 1. The number of carbonyl (C=O) groups excluding carboxylic acids is 2. The van der Waals surface area contributed by atoms with Crippen LogP contribution in [0.1, 0.15) is 47.5 Å². The van der Waals surface area contributed by atoms with Crippen LogP contribution < -0.4 is 0 Å². The van der Waals surface area contributed by atoms with Gasteiger partial charge in [0, 0.05) is 0 Å². The molecular formula is C17H27NO8. The predicted octanol–water partition coefficient (Wildman–Crippen LogP) is 1.76. The largest absolute Gasteiger partial charge is 0.443 e. The normalized spacial score (nSPS) is 36.2. The molecule has 3 fully saturated rings. The number of amides is 2. The van der Waals surface area contributed by atoms with Crippen LogP contribution in [0.3, 0.4) is 0 Å². The Kier molecular flexibility index (Phi) is 4.71. The highest BCUT2D eigenvalue weighted by Crippen LogP contribution is 2.43. The van der Waals surface area contributed by atoms with E-state index in [1.54, 1.807) is 20.8 Å². The molecule has 148 valence electrons. The summed E-state index contributed by atoms with van der Waals surface area (Å²) in [7, 11) is 0. The van der Waals surface area contributed by atoms with Crippen molar-refractivity contribution in [2.24, 2.45) is 0 Å². The maximum atomic E-state index is 12.2. The number of carbonyl (C=O) groups is 2. The Bertz CT molecular complexity index is 584. The molecule has 2 amide bonds. The van der Waals surface area contributed by atoms with E-state index in [9.17, 15) is 14.7 Å². The molecule has 0 bridgehead atoms. The van der Waals surface area contributed by atoms with Crippen LogP contribution in [-0.4, -0.2) is 70.8 Å². The summed E-state index contributed by atoms with van der Waals surface area (Å²) in [4.78, 5) is 25.2. The van der Waals surface area contributed by atoms with Crippen molar-refractivity contribution < 1.29 is 38.4 Å². The SMILES string of the molecule is CCC1(CC)O[C@@H]2[C@@H](CO[C@]3(CN(C(=O)OC(C)(C)C)C(=O)O3)[C@H]2O)O1. The number of nitrogens with zero attached hydrogens (tertiary/aromatic N) is 1. The topological polar surface area (TPSA) is 104 Å². The molecule has 3 rings (SSSR count). The molecule has 0 radical (unpaired) electrons. The number of hydrogen-bond acceptors (Lipinski definition) is 8. The maximum Gasteiger partial charge on any atom is 0.422 e. The second-order valence-corrected chi connectivity index (χ2v) is 7.86. The molecule has 0 aromatic rings. The molecule has 0 unspecified atom stereocenters. The summed E-state index contributed by atoms with van der Waals surface area (Å²) in [6.07, 6.45) is -3.03. The molecule has 0 aromatic heterocycles. The minimum atomic E-state index is -1.68. The summed E-state index contributed by atoms with van der Waals surface area (Å²) in [6, 6.07) is 0. The van der Waals surface area contributed by atoms with Gasteiger partial charge >= 0.3 is 12.2 Å². The van der Waals surface area contributed by atoms with Gasteiger partial charge in [-0.3, -0.25) is 0 Å². The molecule has 9 nitrogen and oxygen atoms in total. The van der Waals surface area contributed by atoms with Crippen molar-refractivity contribution in [3.05, 3.63) is 0 Å². The zero-order valence-corrected chi connectivity index (χ0v) is 15.8. The molecule has 3 aliphatic rings. The minimum absolute atomic E-state index is 0.0823. The molecule has 0 aromatic carbocycles. The van der Waals surface area contributed by atoms with Crippen molar-refractivity contribution in [3.63, 3.8) is 0 Å². The minimum Gasteiger partial charge on any atom is -0.443 e. The molecule has 3 aliphatic heterocycles. The molecular weight excluding hydrogens is 346 g/mol. The van der Waals surface area contributed by atoms with Crippen LogP contribution in [0.5, 0.6) is 0 Å². The molecule has 3 heterocycles. The Morgan fingerprint density at radius 3 is 2.54 bits per heavy atom. The Hall–Kier alpha value is -1.42. The number of aliphatic hydroxyl groups is 1. The summed E-state index contributed by atoms with van der Waals surface area (Å²) in [5.74, 6) is -2.48. The van der Waals surface area contributed by atoms with Gasteiger partial charge in [0.05, 0.1) is 6.61 Å². The quantitative estimate of drug-likeness (QED) is 0.781. The second-order valence-electron chi connectivity index (χ2n) is 7.86. The first-order valence-corrected chi connectivity index (χ1v) is 8.96. The van der Waals surface area contributed by atoms with Gasteiger partial charge in [-0.2, -0.15) is 0 Å². The summed E-state index contributed by atoms with van der Waals surface area (Å²) < 4.78 is 28.1. The van der Waals surface area contributed by atoms with Gasteiger partial charge in [0.15, 0.2) is 11.9 Å². The van der Waals surface area contributed by atoms with Gasteiger partial charge in [-0.1, -0.05) is 13.8 Å². The first-order chi connectivity index (χ1) is 12.0. The van der Waals surface area contributed by atoms with Crippen LogP contribution in [0.2, 0.25) is 0 Å². The van der Waals surface area contributed by atoms with E-state index in [1.165, 1.54) is 0 Å². The lowest BCUT2D eigenvalue weighted by Gasteiger charge is -2.40. The number of rotatable bonds is 2. The van der Waals surface area contributed by atoms with Gasteiger partial charge in [-0.05, 0) is 33.6 Å². The van der Waals surface area contributed by atoms with E-state index in [0.717, 1.165) is 4.90 Å². The monoisotopic (exact) mass is 373 g/mol. The van der Waals surface area contributed by atoms with Gasteiger partial charge in [-0.15, -0.1) is 0 Å². The van der Waals surface area contributed by atoms with E-state index in [-0.39, 0.29) is 13.2 Å². The standard InChI is InChI=1S/C17H27NO8/c1-6-16(7-2)23-10-8-22-17(12(19)11(10)24-16)9-18(14(21)26-17)13(20)25-15(3,4)5/h10-12,19H,6-9H2,1-5H3/t10-,11-,12+,17+/m1/s1. The van der Waals surface area contributed by atoms with Gasteiger partial charge in [0.25, 0.3) is 5.79 Å². The van der Waals surface area contributed by atoms with E-state index >= 15 is 0 Å². The van der Waals surface area contributed by atoms with E-state index in [0.29, 0.717) is 12.8 Å². The van der Waals surface area contributed by atoms with Crippen LogP contribution in [0.4, 0.5) is 9.59 Å². The Morgan fingerprint density at radius 1 is 1.31 bits per heavy atom. The lowest BCUT2D eigenvalue weighted by Crippen LogP contribution is -2.62.